The number of hydrogen-bond acceptors (Lipinski definition) is 3. The normalized spacial score (nSPS) is 20.7. The van der Waals surface area contributed by atoms with Crippen molar-refractivity contribution in [3.63, 3.8) is 0 Å². The first-order valence-corrected chi connectivity index (χ1v) is 23.8. The van der Waals surface area contributed by atoms with Crippen LogP contribution >= 0.6 is 0 Å². The molecule has 0 heterocycles. The first kappa shape index (κ1) is 29.7. The summed E-state index contributed by atoms with van der Waals surface area (Å²) in [5.41, 5.74) is 0.0353. The zero-order chi connectivity index (χ0) is 23.7. The van der Waals surface area contributed by atoms with Gasteiger partial charge >= 0.3 is 0 Å². The van der Waals surface area contributed by atoms with Gasteiger partial charge in [0.25, 0.3) is 0 Å². The SMILES string of the molecule is CCC(C)(O[SiH](C)C(C)O[Si](C)(C)C)C(C)(CC)[Si](C)(C)OC(C)(C)[Si](C)(C)C. The van der Waals surface area contributed by atoms with Crippen LogP contribution in [0.4, 0.5) is 0 Å². The zero-order valence-corrected chi connectivity index (χ0v) is 26.9. The Balaban J connectivity index is 5.93. The average Bonchev–Trinajstić information content (AvgIpc) is 2.49. The fraction of sp³-hybridized carbons (Fsp3) is 1.00. The van der Waals surface area contributed by atoms with Crippen molar-refractivity contribution in [3.8, 4) is 0 Å². The highest BCUT2D eigenvalue weighted by atomic mass is 28.4. The summed E-state index contributed by atoms with van der Waals surface area (Å²) in [7, 11) is -6.67. The van der Waals surface area contributed by atoms with Gasteiger partial charge in [0.05, 0.1) is 19.4 Å². The van der Waals surface area contributed by atoms with Crippen LogP contribution in [-0.4, -0.2) is 50.3 Å². The van der Waals surface area contributed by atoms with Crippen molar-refractivity contribution in [3.05, 3.63) is 0 Å². The summed E-state index contributed by atoms with van der Waals surface area (Å²) in [5.74, 6) is 0. The van der Waals surface area contributed by atoms with E-state index >= 15 is 0 Å². The van der Waals surface area contributed by atoms with Gasteiger partial charge in [0.1, 0.15) is 0 Å². The molecule has 0 aromatic rings. The molecule has 0 N–H and O–H groups in total. The highest BCUT2D eigenvalue weighted by Gasteiger charge is 2.58. The molecule has 0 saturated carbocycles. The van der Waals surface area contributed by atoms with Gasteiger partial charge in [0.2, 0.25) is 9.04 Å². The third-order valence-electron chi connectivity index (χ3n) is 7.84. The van der Waals surface area contributed by atoms with Crippen molar-refractivity contribution in [1.29, 1.82) is 0 Å². The highest BCUT2D eigenvalue weighted by Crippen LogP contribution is 2.55. The highest BCUT2D eigenvalue weighted by molar-refractivity contribution is 6.81. The lowest BCUT2D eigenvalue weighted by Gasteiger charge is -2.57. The summed E-state index contributed by atoms with van der Waals surface area (Å²) in [6.07, 6.45) is 2.07. The Kier molecular flexibility index (Phi) is 9.96. The summed E-state index contributed by atoms with van der Waals surface area (Å²) >= 11 is 0. The van der Waals surface area contributed by atoms with Gasteiger partial charge in [0, 0.05) is 10.3 Å². The standard InChI is InChI=1S/C22H54O3Si4/c1-17-21(6,24-26(8)19(3)23-28(12,13)14)22(7,18-2)29(15,16)25-20(4,5)27(9,10)11/h19,26H,17-18H2,1-16H3. The van der Waals surface area contributed by atoms with Crippen LogP contribution in [-0.2, 0) is 13.3 Å². The van der Waals surface area contributed by atoms with Crippen LogP contribution in [0.1, 0.15) is 61.3 Å². The quantitative estimate of drug-likeness (QED) is 0.274. The van der Waals surface area contributed by atoms with E-state index in [1.54, 1.807) is 0 Å². The Morgan fingerprint density at radius 2 is 1.28 bits per heavy atom. The lowest BCUT2D eigenvalue weighted by atomic mass is 9.85. The average molecular weight is 479 g/mol. The summed E-state index contributed by atoms with van der Waals surface area (Å²) in [6.45, 7) is 37.5. The van der Waals surface area contributed by atoms with Gasteiger partial charge in [-0.2, -0.15) is 0 Å². The lowest BCUT2D eigenvalue weighted by Crippen LogP contribution is -2.64. The van der Waals surface area contributed by atoms with Crippen LogP contribution in [0.25, 0.3) is 0 Å². The lowest BCUT2D eigenvalue weighted by molar-refractivity contribution is 0.00816. The summed E-state index contributed by atoms with van der Waals surface area (Å²) in [5, 5.41) is -0.0309. The van der Waals surface area contributed by atoms with E-state index in [1.165, 1.54) is 0 Å². The van der Waals surface area contributed by atoms with Crippen LogP contribution < -0.4 is 0 Å². The molecule has 0 amide bonds. The first-order chi connectivity index (χ1) is 12.6. The van der Waals surface area contributed by atoms with Crippen molar-refractivity contribution in [1.82, 2.24) is 0 Å². The molecule has 29 heavy (non-hydrogen) atoms. The van der Waals surface area contributed by atoms with Crippen LogP contribution in [0.15, 0.2) is 0 Å². The molecular formula is C22H54O3Si4. The Morgan fingerprint density at radius 1 is 0.828 bits per heavy atom. The molecule has 0 aliphatic rings. The molecule has 0 spiro atoms. The molecule has 0 aliphatic heterocycles. The maximum Gasteiger partial charge on any atom is 0.201 e. The monoisotopic (exact) mass is 478 g/mol. The minimum absolute atomic E-state index is 0.0197. The van der Waals surface area contributed by atoms with E-state index in [9.17, 15) is 0 Å². The molecule has 0 bridgehead atoms. The van der Waals surface area contributed by atoms with Crippen LogP contribution in [0.3, 0.4) is 0 Å². The minimum atomic E-state index is -2.11. The van der Waals surface area contributed by atoms with Crippen LogP contribution in [0, 0.1) is 0 Å². The predicted molar refractivity (Wildman–Crippen MR) is 141 cm³/mol. The second-order valence-corrected chi connectivity index (χ2v) is 29.5. The van der Waals surface area contributed by atoms with Crippen LogP contribution in [0.5, 0.6) is 0 Å². The van der Waals surface area contributed by atoms with E-state index in [0.29, 0.717) is 0 Å². The van der Waals surface area contributed by atoms with Gasteiger partial charge in [-0.05, 0) is 79.8 Å². The van der Waals surface area contributed by atoms with E-state index in [0.717, 1.165) is 12.8 Å². The van der Waals surface area contributed by atoms with Gasteiger partial charge < -0.3 is 13.3 Å². The molecule has 176 valence electrons. The van der Waals surface area contributed by atoms with E-state index < -0.39 is 33.7 Å². The third-order valence-corrected chi connectivity index (χ3v) is 20.0. The Hall–Kier alpha value is 0.748. The molecular weight excluding hydrogens is 425 g/mol. The molecule has 3 nitrogen and oxygen atoms in total. The first-order valence-electron chi connectivity index (χ1n) is 11.6. The van der Waals surface area contributed by atoms with Crippen molar-refractivity contribution in [2.45, 2.75) is 142 Å². The molecule has 0 saturated heterocycles. The maximum absolute atomic E-state index is 7.13. The molecule has 4 unspecified atom stereocenters. The topological polar surface area (TPSA) is 27.7 Å². The van der Waals surface area contributed by atoms with Gasteiger partial charge in [-0.25, -0.2) is 0 Å². The number of rotatable bonds is 12. The molecule has 0 aromatic heterocycles. The van der Waals surface area contributed by atoms with Gasteiger partial charge in [-0.1, -0.05) is 40.4 Å². The second-order valence-electron chi connectivity index (χ2n) is 12.4. The molecule has 0 radical (unpaired) electrons. The predicted octanol–water partition coefficient (Wildman–Crippen LogP) is 7.35. The maximum atomic E-state index is 7.13. The summed E-state index contributed by atoms with van der Waals surface area (Å²) < 4.78 is 20.6. The van der Waals surface area contributed by atoms with Crippen molar-refractivity contribution in [2.75, 3.05) is 0 Å². The zero-order valence-electron chi connectivity index (χ0n) is 22.8. The molecule has 0 fully saturated rings. The third kappa shape index (κ3) is 7.12. The van der Waals surface area contributed by atoms with Crippen molar-refractivity contribution in [2.24, 2.45) is 0 Å². The Morgan fingerprint density at radius 3 is 1.59 bits per heavy atom. The molecule has 7 heteroatoms. The van der Waals surface area contributed by atoms with Gasteiger partial charge in [0.15, 0.2) is 16.6 Å². The summed E-state index contributed by atoms with van der Waals surface area (Å²) in [4.78, 5) is 0. The molecule has 0 aliphatic carbocycles. The van der Waals surface area contributed by atoms with E-state index in [1.807, 2.05) is 0 Å². The fourth-order valence-electron chi connectivity index (χ4n) is 4.10. The van der Waals surface area contributed by atoms with Crippen molar-refractivity contribution < 1.29 is 13.3 Å². The minimum Gasteiger partial charge on any atom is -0.416 e. The molecule has 0 aromatic carbocycles. The fourth-order valence-corrected chi connectivity index (χ4v) is 14.6. The Labute approximate surface area is 188 Å². The van der Waals surface area contributed by atoms with Crippen LogP contribution in [0.2, 0.25) is 64.0 Å². The Bertz CT molecular complexity index is 525. The van der Waals surface area contributed by atoms with Gasteiger partial charge in [-0.15, -0.1) is 0 Å². The summed E-state index contributed by atoms with van der Waals surface area (Å²) in [6, 6.07) is 0. The molecule has 0 rings (SSSR count). The number of hydrogen-bond donors (Lipinski definition) is 0. The van der Waals surface area contributed by atoms with E-state index in [4.69, 9.17) is 13.3 Å². The second kappa shape index (κ2) is 9.71. The molecule has 4 atom stereocenters. The largest absolute Gasteiger partial charge is 0.416 e. The van der Waals surface area contributed by atoms with Crippen molar-refractivity contribution >= 4 is 33.7 Å². The van der Waals surface area contributed by atoms with E-state index in [2.05, 4.69) is 107 Å². The van der Waals surface area contributed by atoms with Gasteiger partial charge in [-0.3, -0.25) is 0 Å². The smallest absolute Gasteiger partial charge is 0.201 e. The van der Waals surface area contributed by atoms with E-state index in [-0.39, 0.29) is 21.6 Å².